The Hall–Kier alpha value is -2.32. The monoisotopic (exact) mass is 408 g/mol. The lowest BCUT2D eigenvalue weighted by Crippen LogP contribution is -2.14. The van der Waals surface area contributed by atoms with Crippen molar-refractivity contribution in [3.05, 3.63) is 59.5 Å². The number of anilines is 1. The Kier molecular flexibility index (Phi) is 4.59. The van der Waals surface area contributed by atoms with E-state index in [4.69, 9.17) is 9.15 Å². The van der Waals surface area contributed by atoms with Crippen LogP contribution in [0.15, 0.2) is 68.8 Å². The number of rotatable bonds is 5. The SMILES string of the molecule is COc1ccc(Br)cc1S(=O)(=O)Nc1cccc(-c2cnco2)c1. The molecule has 1 N–H and O–H groups in total. The summed E-state index contributed by atoms with van der Waals surface area (Å²) in [6.07, 6.45) is 2.88. The molecule has 0 amide bonds. The summed E-state index contributed by atoms with van der Waals surface area (Å²) in [5.41, 5.74) is 1.12. The van der Waals surface area contributed by atoms with Crippen molar-refractivity contribution in [3.63, 3.8) is 0 Å². The second-order valence-electron chi connectivity index (χ2n) is 4.85. The van der Waals surface area contributed by atoms with Crippen LogP contribution in [0.1, 0.15) is 0 Å². The quantitative estimate of drug-likeness (QED) is 0.691. The van der Waals surface area contributed by atoms with Crippen molar-refractivity contribution in [1.29, 1.82) is 0 Å². The molecule has 0 bridgehead atoms. The molecule has 0 saturated carbocycles. The average Bonchev–Trinajstić information content (AvgIpc) is 3.09. The molecule has 0 aliphatic carbocycles. The van der Waals surface area contributed by atoms with Gasteiger partial charge in [0.1, 0.15) is 10.6 Å². The van der Waals surface area contributed by atoms with Gasteiger partial charge < -0.3 is 9.15 Å². The predicted molar refractivity (Wildman–Crippen MR) is 93.4 cm³/mol. The Morgan fingerprint density at radius 2 is 2.04 bits per heavy atom. The van der Waals surface area contributed by atoms with Gasteiger partial charge in [-0.2, -0.15) is 0 Å². The molecule has 0 aliphatic rings. The standard InChI is InChI=1S/C16H13BrN2O4S/c1-22-14-6-5-12(17)8-16(14)24(20,21)19-13-4-2-3-11(7-13)15-9-18-10-23-15/h2-10,19H,1H3. The zero-order valence-corrected chi connectivity index (χ0v) is 15.0. The van der Waals surface area contributed by atoms with E-state index in [2.05, 4.69) is 25.6 Å². The highest BCUT2D eigenvalue weighted by Crippen LogP contribution is 2.30. The summed E-state index contributed by atoms with van der Waals surface area (Å²) in [7, 11) is -2.39. The van der Waals surface area contributed by atoms with Crippen molar-refractivity contribution >= 4 is 31.6 Å². The van der Waals surface area contributed by atoms with Crippen LogP contribution in [0, 0.1) is 0 Å². The molecule has 0 unspecified atom stereocenters. The van der Waals surface area contributed by atoms with E-state index in [9.17, 15) is 8.42 Å². The molecule has 8 heteroatoms. The van der Waals surface area contributed by atoms with E-state index < -0.39 is 10.0 Å². The first-order chi connectivity index (χ1) is 11.5. The molecule has 1 heterocycles. The zero-order valence-electron chi connectivity index (χ0n) is 12.6. The fourth-order valence-corrected chi connectivity index (χ4v) is 3.92. The molecular formula is C16H13BrN2O4S. The number of hydrogen-bond donors (Lipinski definition) is 1. The van der Waals surface area contributed by atoms with Crippen molar-refractivity contribution in [2.24, 2.45) is 0 Å². The molecule has 0 radical (unpaired) electrons. The van der Waals surface area contributed by atoms with Gasteiger partial charge in [-0.1, -0.05) is 28.1 Å². The second kappa shape index (κ2) is 6.66. The Morgan fingerprint density at radius 3 is 2.75 bits per heavy atom. The first-order valence-electron chi connectivity index (χ1n) is 6.85. The molecule has 1 aromatic heterocycles. The third-order valence-electron chi connectivity index (χ3n) is 3.25. The van der Waals surface area contributed by atoms with Crippen LogP contribution in [0.3, 0.4) is 0 Å². The largest absolute Gasteiger partial charge is 0.495 e. The second-order valence-corrected chi connectivity index (χ2v) is 7.41. The van der Waals surface area contributed by atoms with Crippen molar-refractivity contribution in [1.82, 2.24) is 4.98 Å². The highest BCUT2D eigenvalue weighted by molar-refractivity contribution is 9.10. The molecular weight excluding hydrogens is 396 g/mol. The summed E-state index contributed by atoms with van der Waals surface area (Å²) in [4.78, 5) is 3.90. The number of nitrogens with one attached hydrogen (secondary N) is 1. The van der Waals surface area contributed by atoms with E-state index in [0.29, 0.717) is 21.5 Å². The summed E-state index contributed by atoms with van der Waals surface area (Å²) in [6, 6.07) is 11.6. The Labute approximate surface area is 147 Å². The van der Waals surface area contributed by atoms with Crippen molar-refractivity contribution in [3.8, 4) is 17.1 Å². The highest BCUT2D eigenvalue weighted by atomic mass is 79.9. The highest BCUT2D eigenvalue weighted by Gasteiger charge is 2.20. The van der Waals surface area contributed by atoms with Crippen molar-refractivity contribution in [2.75, 3.05) is 11.8 Å². The van der Waals surface area contributed by atoms with Gasteiger partial charge in [-0.3, -0.25) is 4.72 Å². The maximum atomic E-state index is 12.7. The van der Waals surface area contributed by atoms with E-state index in [1.54, 1.807) is 42.6 Å². The Morgan fingerprint density at radius 1 is 1.21 bits per heavy atom. The molecule has 0 aliphatic heterocycles. The summed E-state index contributed by atoms with van der Waals surface area (Å²) in [5, 5.41) is 0. The predicted octanol–water partition coefficient (Wildman–Crippen LogP) is 3.91. The summed E-state index contributed by atoms with van der Waals surface area (Å²) < 4.78 is 38.9. The van der Waals surface area contributed by atoms with E-state index in [1.807, 2.05) is 0 Å². The first-order valence-corrected chi connectivity index (χ1v) is 9.12. The smallest absolute Gasteiger partial charge is 0.265 e. The van der Waals surface area contributed by atoms with E-state index >= 15 is 0 Å². The van der Waals surface area contributed by atoms with E-state index in [1.165, 1.54) is 19.6 Å². The molecule has 3 aromatic rings. The molecule has 3 rings (SSSR count). The minimum atomic E-state index is -3.82. The molecule has 0 spiro atoms. The van der Waals surface area contributed by atoms with Crippen LogP contribution >= 0.6 is 15.9 Å². The zero-order chi connectivity index (χ0) is 17.2. The summed E-state index contributed by atoms with van der Waals surface area (Å²) in [5.74, 6) is 0.813. The Bertz CT molecular complexity index is 956. The van der Waals surface area contributed by atoms with Crippen LogP contribution in [-0.2, 0) is 10.0 Å². The minimum absolute atomic E-state index is 0.0458. The van der Waals surface area contributed by atoms with Gasteiger partial charge >= 0.3 is 0 Å². The van der Waals surface area contributed by atoms with Crippen LogP contribution in [0.4, 0.5) is 5.69 Å². The van der Waals surface area contributed by atoms with Gasteiger partial charge in [-0.25, -0.2) is 13.4 Å². The van der Waals surface area contributed by atoms with Gasteiger partial charge in [0.25, 0.3) is 10.0 Å². The lowest BCUT2D eigenvalue weighted by Gasteiger charge is -2.12. The van der Waals surface area contributed by atoms with Gasteiger partial charge in [0.05, 0.1) is 13.3 Å². The number of ether oxygens (including phenoxy) is 1. The third kappa shape index (κ3) is 3.44. The van der Waals surface area contributed by atoms with Crippen LogP contribution < -0.4 is 9.46 Å². The molecule has 0 fully saturated rings. The van der Waals surface area contributed by atoms with Gasteiger partial charge in [0, 0.05) is 15.7 Å². The van der Waals surface area contributed by atoms with Crippen molar-refractivity contribution in [2.45, 2.75) is 4.90 Å². The first kappa shape index (κ1) is 16.5. The number of methoxy groups -OCH3 is 1. The van der Waals surface area contributed by atoms with Gasteiger partial charge in [0.15, 0.2) is 12.2 Å². The maximum absolute atomic E-state index is 12.7. The molecule has 0 saturated heterocycles. The maximum Gasteiger partial charge on any atom is 0.265 e. The molecule has 6 nitrogen and oxygen atoms in total. The molecule has 124 valence electrons. The lowest BCUT2D eigenvalue weighted by atomic mass is 10.2. The van der Waals surface area contributed by atoms with Crippen LogP contribution in [0.25, 0.3) is 11.3 Å². The van der Waals surface area contributed by atoms with Crippen LogP contribution in [0.5, 0.6) is 5.75 Å². The normalized spacial score (nSPS) is 11.2. The summed E-state index contributed by atoms with van der Waals surface area (Å²) >= 11 is 3.27. The van der Waals surface area contributed by atoms with Gasteiger partial charge in [-0.15, -0.1) is 0 Å². The average molecular weight is 409 g/mol. The fraction of sp³-hybridized carbons (Fsp3) is 0.0625. The minimum Gasteiger partial charge on any atom is -0.495 e. The lowest BCUT2D eigenvalue weighted by molar-refractivity contribution is 0.403. The third-order valence-corrected chi connectivity index (χ3v) is 5.14. The van der Waals surface area contributed by atoms with E-state index in [-0.39, 0.29) is 10.6 Å². The number of halogens is 1. The number of nitrogens with zero attached hydrogens (tertiary/aromatic N) is 1. The number of sulfonamides is 1. The van der Waals surface area contributed by atoms with Crippen molar-refractivity contribution < 1.29 is 17.6 Å². The molecule has 24 heavy (non-hydrogen) atoms. The fourth-order valence-electron chi connectivity index (χ4n) is 2.16. The van der Waals surface area contributed by atoms with Crippen LogP contribution in [-0.4, -0.2) is 20.5 Å². The van der Waals surface area contributed by atoms with Gasteiger partial charge in [-0.05, 0) is 30.3 Å². The van der Waals surface area contributed by atoms with Crippen LogP contribution in [0.2, 0.25) is 0 Å². The Balaban J connectivity index is 1.96. The topological polar surface area (TPSA) is 81.4 Å². The molecule has 2 aromatic carbocycles. The van der Waals surface area contributed by atoms with Gasteiger partial charge in [0.2, 0.25) is 0 Å². The van der Waals surface area contributed by atoms with E-state index in [0.717, 1.165) is 0 Å². The number of oxazole rings is 1. The molecule has 0 atom stereocenters. The number of benzene rings is 2. The number of hydrogen-bond acceptors (Lipinski definition) is 5. The number of aromatic nitrogens is 1. The summed E-state index contributed by atoms with van der Waals surface area (Å²) in [6.45, 7) is 0.